The Morgan fingerprint density at radius 1 is 0.549 bits per heavy atom. The van der Waals surface area contributed by atoms with Crippen LogP contribution in [0.2, 0.25) is 0 Å². The van der Waals surface area contributed by atoms with E-state index in [0.29, 0.717) is 5.82 Å². The highest BCUT2D eigenvalue weighted by atomic mass is 14.9. The number of nitrogens with zero attached hydrogens (tertiary/aromatic N) is 4. The molecule has 0 saturated heterocycles. The molecule has 0 saturated carbocycles. The monoisotopic (exact) mass is 652 g/mol. The summed E-state index contributed by atoms with van der Waals surface area (Å²) in [6, 6.07) is 53.0. The summed E-state index contributed by atoms with van der Waals surface area (Å²) in [5.74, 6) is 0.679. The maximum atomic E-state index is 10.3. The van der Waals surface area contributed by atoms with E-state index >= 15 is 0 Å². The summed E-state index contributed by atoms with van der Waals surface area (Å²) >= 11 is 0. The van der Waals surface area contributed by atoms with Gasteiger partial charge in [0.2, 0.25) is 0 Å². The number of nitriles is 1. The number of hydrogen-bond acceptors (Lipinski definition) is 4. The van der Waals surface area contributed by atoms with Gasteiger partial charge in [-0.15, -0.1) is 0 Å². The van der Waals surface area contributed by atoms with Crippen molar-refractivity contribution >= 4 is 10.8 Å². The average molecular weight is 653 g/mol. The fraction of sp³-hybridized carbons (Fsp3) is 0.0638. The lowest BCUT2D eigenvalue weighted by molar-refractivity contribution is 0.659. The van der Waals surface area contributed by atoms with Crippen LogP contribution in [0.15, 0.2) is 158 Å². The fourth-order valence-electron chi connectivity index (χ4n) is 7.67. The van der Waals surface area contributed by atoms with Gasteiger partial charge in [0.1, 0.15) is 0 Å². The highest BCUT2D eigenvalue weighted by Crippen LogP contribution is 2.53. The van der Waals surface area contributed by atoms with Gasteiger partial charge in [-0.3, -0.25) is 4.98 Å². The van der Waals surface area contributed by atoms with Crippen LogP contribution < -0.4 is 0 Å². The van der Waals surface area contributed by atoms with E-state index in [1.807, 2.05) is 60.8 Å². The van der Waals surface area contributed by atoms with Crippen LogP contribution >= 0.6 is 0 Å². The Balaban J connectivity index is 1.25. The first-order valence-corrected chi connectivity index (χ1v) is 17.2. The molecule has 6 aromatic carbocycles. The van der Waals surface area contributed by atoms with E-state index in [2.05, 4.69) is 116 Å². The van der Waals surface area contributed by atoms with Crippen LogP contribution in [0.25, 0.3) is 78.1 Å². The van der Waals surface area contributed by atoms with Crippen LogP contribution in [-0.4, -0.2) is 15.0 Å². The largest absolute Gasteiger partial charge is 0.264 e. The molecule has 2 aromatic heterocycles. The summed E-state index contributed by atoms with van der Waals surface area (Å²) in [5.41, 5.74) is 14.0. The normalized spacial score (nSPS) is 12.6. The highest BCUT2D eigenvalue weighted by Gasteiger charge is 2.39. The molecule has 9 rings (SSSR count). The van der Waals surface area contributed by atoms with Gasteiger partial charge in [-0.05, 0) is 92.2 Å². The third-order valence-electron chi connectivity index (χ3n) is 10.1. The van der Waals surface area contributed by atoms with Crippen molar-refractivity contribution in [1.29, 1.82) is 5.26 Å². The molecule has 51 heavy (non-hydrogen) atoms. The Morgan fingerprint density at radius 3 is 1.92 bits per heavy atom. The van der Waals surface area contributed by atoms with Crippen LogP contribution in [0.3, 0.4) is 0 Å². The smallest absolute Gasteiger partial charge is 0.160 e. The summed E-state index contributed by atoms with van der Waals surface area (Å²) in [5, 5.41) is 12.6. The van der Waals surface area contributed by atoms with E-state index < -0.39 is 0 Å². The Labute approximate surface area is 297 Å². The highest BCUT2D eigenvalue weighted by molar-refractivity contribution is 6.04. The Morgan fingerprint density at radius 2 is 1.20 bits per heavy atom. The molecule has 0 unspecified atom stereocenters. The van der Waals surface area contributed by atoms with E-state index in [9.17, 15) is 5.26 Å². The molecule has 4 heteroatoms. The van der Waals surface area contributed by atoms with Crippen LogP contribution in [0.4, 0.5) is 0 Å². The second kappa shape index (κ2) is 12.0. The predicted molar refractivity (Wildman–Crippen MR) is 207 cm³/mol. The van der Waals surface area contributed by atoms with Crippen LogP contribution in [0.5, 0.6) is 0 Å². The van der Waals surface area contributed by atoms with Crippen molar-refractivity contribution < 1.29 is 0 Å². The molecule has 2 heterocycles. The van der Waals surface area contributed by atoms with Crippen molar-refractivity contribution in [3.8, 4) is 73.4 Å². The van der Waals surface area contributed by atoms with Gasteiger partial charge in [-0.2, -0.15) is 5.26 Å². The lowest BCUT2D eigenvalue weighted by atomic mass is 9.79. The summed E-state index contributed by atoms with van der Waals surface area (Å²) in [4.78, 5) is 14.6. The first-order valence-electron chi connectivity index (χ1n) is 17.2. The third-order valence-corrected chi connectivity index (χ3v) is 10.1. The lowest BCUT2D eigenvalue weighted by Crippen LogP contribution is -2.16. The Kier molecular flexibility index (Phi) is 7.15. The molecule has 1 aliphatic carbocycles. The average Bonchev–Trinajstić information content (AvgIpc) is 3.44. The van der Waals surface area contributed by atoms with Gasteiger partial charge in [0.05, 0.1) is 23.0 Å². The first-order chi connectivity index (χ1) is 25.0. The summed E-state index contributed by atoms with van der Waals surface area (Å²) in [7, 11) is 0. The number of rotatable bonds is 5. The molecule has 0 aliphatic heterocycles. The van der Waals surface area contributed by atoms with Gasteiger partial charge >= 0.3 is 0 Å². The number of fused-ring (bicyclic) bond motifs is 5. The van der Waals surface area contributed by atoms with E-state index in [1.165, 1.54) is 22.1 Å². The molecule has 0 fully saturated rings. The van der Waals surface area contributed by atoms with E-state index in [0.717, 1.165) is 66.8 Å². The van der Waals surface area contributed by atoms with Gasteiger partial charge < -0.3 is 0 Å². The number of hydrogen-bond donors (Lipinski definition) is 0. The molecule has 0 bridgehead atoms. The SMILES string of the molecule is CC1(C)c2cc(-c3cc(-c4cccnc4)cc(-c4cc(-c5ccccc5)nc(-c5ccccc5)n4)c3)ccc2-c2c1c(C#N)cc1ccccc21. The summed E-state index contributed by atoms with van der Waals surface area (Å²) in [6.45, 7) is 4.48. The number of benzene rings is 6. The van der Waals surface area contributed by atoms with Crippen molar-refractivity contribution in [2.24, 2.45) is 0 Å². The van der Waals surface area contributed by atoms with Gasteiger partial charge in [-0.1, -0.05) is 117 Å². The third kappa shape index (κ3) is 5.19. The van der Waals surface area contributed by atoms with Gasteiger partial charge in [0.25, 0.3) is 0 Å². The predicted octanol–water partition coefficient (Wildman–Crippen LogP) is 11.5. The van der Waals surface area contributed by atoms with Crippen LogP contribution in [0.1, 0.15) is 30.5 Å². The molecular weight excluding hydrogens is 621 g/mol. The fourth-order valence-corrected chi connectivity index (χ4v) is 7.67. The number of aromatic nitrogens is 3. The molecular formula is C47H32N4. The minimum atomic E-state index is -0.360. The topological polar surface area (TPSA) is 62.5 Å². The molecule has 240 valence electrons. The maximum Gasteiger partial charge on any atom is 0.160 e. The zero-order valence-corrected chi connectivity index (χ0v) is 28.3. The van der Waals surface area contributed by atoms with E-state index in [4.69, 9.17) is 9.97 Å². The van der Waals surface area contributed by atoms with Crippen LogP contribution in [-0.2, 0) is 5.41 Å². The van der Waals surface area contributed by atoms with Crippen LogP contribution in [0, 0.1) is 11.3 Å². The van der Waals surface area contributed by atoms with Gasteiger partial charge in [-0.25, -0.2) is 9.97 Å². The molecule has 0 radical (unpaired) electrons. The second-order valence-electron chi connectivity index (χ2n) is 13.6. The first kappa shape index (κ1) is 30.4. The quantitative estimate of drug-likeness (QED) is 0.186. The van der Waals surface area contributed by atoms with E-state index in [1.54, 1.807) is 6.20 Å². The van der Waals surface area contributed by atoms with Crippen molar-refractivity contribution in [1.82, 2.24) is 15.0 Å². The van der Waals surface area contributed by atoms with Crippen molar-refractivity contribution in [3.05, 3.63) is 175 Å². The molecule has 1 aliphatic rings. The molecule has 0 atom stereocenters. The number of pyridine rings is 1. The summed E-state index contributed by atoms with van der Waals surface area (Å²) < 4.78 is 0. The molecule has 0 spiro atoms. The summed E-state index contributed by atoms with van der Waals surface area (Å²) in [6.07, 6.45) is 3.71. The molecule has 0 amide bonds. The van der Waals surface area contributed by atoms with E-state index in [-0.39, 0.29) is 5.41 Å². The standard InChI is InChI=1S/C47H32N4/c1-47(2)41-26-32(19-20-40(41)44-39-18-10-9-16-33(39)22-38(28-48)45(44)47)35-23-36(34-17-11-21-49-29-34)25-37(24-35)43-27-42(30-12-5-3-6-13-30)50-46(51-43)31-14-7-4-8-15-31/h3-27,29H,1-2H3. The van der Waals surface area contributed by atoms with Crippen molar-refractivity contribution in [2.45, 2.75) is 19.3 Å². The Bertz CT molecular complexity index is 2600. The molecule has 0 N–H and O–H groups in total. The second-order valence-corrected chi connectivity index (χ2v) is 13.6. The van der Waals surface area contributed by atoms with Gasteiger partial charge in [0.15, 0.2) is 5.82 Å². The van der Waals surface area contributed by atoms with Crippen molar-refractivity contribution in [3.63, 3.8) is 0 Å². The Hall–Kier alpha value is -6.70. The zero-order chi connectivity index (χ0) is 34.5. The maximum absolute atomic E-state index is 10.3. The lowest BCUT2D eigenvalue weighted by Gasteiger charge is -2.23. The minimum Gasteiger partial charge on any atom is -0.264 e. The van der Waals surface area contributed by atoms with Gasteiger partial charge in [0, 0.05) is 40.1 Å². The zero-order valence-electron chi connectivity index (χ0n) is 28.3. The molecule has 8 aromatic rings. The van der Waals surface area contributed by atoms with Crippen molar-refractivity contribution in [2.75, 3.05) is 0 Å². The molecule has 4 nitrogen and oxygen atoms in total. The minimum absolute atomic E-state index is 0.360.